The molecule has 3 rings (SSSR count). The maximum atomic E-state index is 12.9. The Kier molecular flexibility index (Phi) is 6.74. The molecule has 0 aromatic heterocycles. The molecule has 1 aliphatic heterocycles. The summed E-state index contributed by atoms with van der Waals surface area (Å²) in [4.78, 5) is 27.0. The second-order valence-electron chi connectivity index (χ2n) is 6.72. The summed E-state index contributed by atoms with van der Waals surface area (Å²) in [6, 6.07) is 13.1. The second-order valence-corrected chi connectivity index (χ2v) is 6.72. The van der Waals surface area contributed by atoms with Gasteiger partial charge in [-0.15, -0.1) is 0 Å². The van der Waals surface area contributed by atoms with E-state index in [2.05, 4.69) is 0 Å². The lowest BCUT2D eigenvalue weighted by molar-refractivity contribution is -0.140. The summed E-state index contributed by atoms with van der Waals surface area (Å²) in [6.45, 7) is 2.89. The van der Waals surface area contributed by atoms with Gasteiger partial charge >= 0.3 is 0 Å². The number of Topliss-reactive ketones (excluding diaryl/α,β-unsaturated/α-hetero) is 1. The molecular formula is C23H25NO6. The maximum Gasteiger partial charge on any atom is 0.295 e. The largest absolute Gasteiger partial charge is 0.507 e. The van der Waals surface area contributed by atoms with Gasteiger partial charge in [0.15, 0.2) is 0 Å². The summed E-state index contributed by atoms with van der Waals surface area (Å²) in [5.41, 5.74) is 1.17. The fourth-order valence-corrected chi connectivity index (χ4v) is 3.46. The van der Waals surface area contributed by atoms with Crippen LogP contribution in [-0.2, 0) is 14.3 Å². The maximum absolute atomic E-state index is 12.9. The van der Waals surface area contributed by atoms with E-state index >= 15 is 0 Å². The fourth-order valence-electron chi connectivity index (χ4n) is 3.46. The zero-order valence-electron chi connectivity index (χ0n) is 17.3. The molecule has 1 fully saturated rings. The Bertz CT molecular complexity index is 933. The monoisotopic (exact) mass is 411 g/mol. The highest BCUT2D eigenvalue weighted by Crippen LogP contribution is 2.39. The van der Waals surface area contributed by atoms with Gasteiger partial charge in [0.2, 0.25) is 0 Å². The highest BCUT2D eigenvalue weighted by molar-refractivity contribution is 6.46. The van der Waals surface area contributed by atoms with E-state index in [1.165, 1.54) is 12.0 Å². The first-order chi connectivity index (χ1) is 14.5. The molecule has 0 saturated carbocycles. The van der Waals surface area contributed by atoms with Crippen LogP contribution in [0.5, 0.6) is 11.5 Å². The number of aliphatic hydroxyl groups excluding tert-OH is 1. The topological polar surface area (TPSA) is 85.3 Å². The first-order valence-electron chi connectivity index (χ1n) is 9.66. The lowest BCUT2D eigenvalue weighted by atomic mass is 9.95. The molecule has 1 aliphatic rings. The van der Waals surface area contributed by atoms with Crippen molar-refractivity contribution in [1.29, 1.82) is 0 Å². The first kappa shape index (κ1) is 21.4. The molecule has 30 heavy (non-hydrogen) atoms. The van der Waals surface area contributed by atoms with Gasteiger partial charge in [-0.3, -0.25) is 9.59 Å². The molecule has 1 heterocycles. The zero-order chi connectivity index (χ0) is 21.7. The minimum atomic E-state index is -0.724. The predicted molar refractivity (Wildman–Crippen MR) is 111 cm³/mol. The van der Waals surface area contributed by atoms with Crippen LogP contribution in [0.2, 0.25) is 0 Å². The number of benzene rings is 2. The van der Waals surface area contributed by atoms with Gasteiger partial charge in [-0.1, -0.05) is 12.1 Å². The summed E-state index contributed by atoms with van der Waals surface area (Å²) in [5.74, 6) is -0.309. The van der Waals surface area contributed by atoms with Crippen molar-refractivity contribution in [2.24, 2.45) is 0 Å². The van der Waals surface area contributed by atoms with Crippen molar-refractivity contribution in [3.05, 3.63) is 65.2 Å². The molecule has 1 amide bonds. The molecule has 7 heteroatoms. The third kappa shape index (κ3) is 4.16. The standard InChI is InChI=1S/C23H25NO6/c1-4-30-18-11-7-16(8-12-18)21(25)19-20(15-5-9-17(29-3)10-6-15)24(13-14-28-2)23(27)22(19)26/h5-12,20,25H,4,13-14H2,1-3H3/b21-19+. The number of hydrogen-bond donors (Lipinski definition) is 1. The first-order valence-corrected chi connectivity index (χ1v) is 9.66. The van der Waals surface area contributed by atoms with Gasteiger partial charge in [0.1, 0.15) is 17.3 Å². The molecule has 1 unspecified atom stereocenters. The molecule has 2 aromatic rings. The van der Waals surface area contributed by atoms with Crippen LogP contribution in [0, 0.1) is 0 Å². The van der Waals surface area contributed by atoms with Crippen molar-refractivity contribution >= 4 is 17.4 Å². The molecule has 0 aliphatic carbocycles. The number of carbonyl (C=O) groups is 2. The van der Waals surface area contributed by atoms with Crippen LogP contribution < -0.4 is 9.47 Å². The van der Waals surface area contributed by atoms with E-state index in [-0.39, 0.29) is 24.5 Å². The predicted octanol–water partition coefficient (Wildman–Crippen LogP) is 3.16. The number of methoxy groups -OCH3 is 2. The summed E-state index contributed by atoms with van der Waals surface area (Å²) in [5, 5.41) is 11.0. The Hall–Kier alpha value is -3.32. The zero-order valence-corrected chi connectivity index (χ0v) is 17.3. The van der Waals surface area contributed by atoms with E-state index in [0.29, 0.717) is 29.2 Å². The van der Waals surface area contributed by atoms with Crippen LogP contribution in [0.1, 0.15) is 24.1 Å². The Labute approximate surface area is 175 Å². The lowest BCUT2D eigenvalue weighted by Crippen LogP contribution is -2.32. The smallest absolute Gasteiger partial charge is 0.295 e. The molecule has 2 aromatic carbocycles. The van der Waals surface area contributed by atoms with E-state index in [1.807, 2.05) is 6.92 Å². The van der Waals surface area contributed by atoms with Crippen molar-refractivity contribution in [3.8, 4) is 11.5 Å². The Morgan fingerprint density at radius 1 is 1.00 bits per heavy atom. The van der Waals surface area contributed by atoms with Crippen molar-refractivity contribution < 1.29 is 28.9 Å². The number of aliphatic hydroxyl groups is 1. The average molecular weight is 411 g/mol. The molecule has 7 nitrogen and oxygen atoms in total. The van der Waals surface area contributed by atoms with Crippen LogP contribution in [0.3, 0.4) is 0 Å². The van der Waals surface area contributed by atoms with E-state index in [4.69, 9.17) is 14.2 Å². The van der Waals surface area contributed by atoms with Gasteiger partial charge in [0.25, 0.3) is 11.7 Å². The number of ether oxygens (including phenoxy) is 3. The van der Waals surface area contributed by atoms with Gasteiger partial charge in [0, 0.05) is 19.2 Å². The van der Waals surface area contributed by atoms with Gasteiger partial charge in [-0.2, -0.15) is 0 Å². The van der Waals surface area contributed by atoms with E-state index in [9.17, 15) is 14.7 Å². The van der Waals surface area contributed by atoms with Crippen LogP contribution in [0.4, 0.5) is 0 Å². The number of nitrogens with zero attached hydrogens (tertiary/aromatic N) is 1. The third-order valence-electron chi connectivity index (χ3n) is 4.95. The fraction of sp³-hybridized carbons (Fsp3) is 0.304. The highest BCUT2D eigenvalue weighted by Gasteiger charge is 2.45. The van der Waals surface area contributed by atoms with Crippen molar-refractivity contribution in [3.63, 3.8) is 0 Å². The van der Waals surface area contributed by atoms with E-state index in [1.54, 1.807) is 55.6 Å². The summed E-state index contributed by atoms with van der Waals surface area (Å²) in [6.07, 6.45) is 0. The minimum absolute atomic E-state index is 0.0467. The highest BCUT2D eigenvalue weighted by atomic mass is 16.5. The van der Waals surface area contributed by atoms with Gasteiger partial charge in [-0.25, -0.2) is 0 Å². The number of likely N-dealkylation sites (tertiary alicyclic amines) is 1. The van der Waals surface area contributed by atoms with Crippen molar-refractivity contribution in [2.45, 2.75) is 13.0 Å². The molecule has 1 atom stereocenters. The summed E-state index contributed by atoms with van der Waals surface area (Å²) >= 11 is 0. The number of ketones is 1. The molecule has 158 valence electrons. The normalized spacial score (nSPS) is 18.0. The van der Waals surface area contributed by atoms with Gasteiger partial charge < -0.3 is 24.2 Å². The quantitative estimate of drug-likeness (QED) is 0.408. The molecule has 0 bridgehead atoms. The van der Waals surface area contributed by atoms with E-state index < -0.39 is 17.7 Å². The van der Waals surface area contributed by atoms with Crippen molar-refractivity contribution in [2.75, 3.05) is 34.0 Å². The van der Waals surface area contributed by atoms with E-state index in [0.717, 1.165) is 0 Å². The Balaban J connectivity index is 2.08. The molecule has 1 N–H and O–H groups in total. The molecular weight excluding hydrogens is 386 g/mol. The number of rotatable bonds is 8. The van der Waals surface area contributed by atoms with Crippen molar-refractivity contribution in [1.82, 2.24) is 4.90 Å². The third-order valence-corrected chi connectivity index (χ3v) is 4.95. The number of amides is 1. The minimum Gasteiger partial charge on any atom is -0.507 e. The molecule has 0 spiro atoms. The molecule has 0 radical (unpaired) electrons. The van der Waals surface area contributed by atoms with Crippen LogP contribution in [-0.4, -0.2) is 55.7 Å². The SMILES string of the molecule is CCOc1ccc(/C(O)=C2\C(=O)C(=O)N(CCOC)C2c2ccc(OC)cc2)cc1. The number of carbonyl (C=O) groups excluding carboxylic acids is 2. The van der Waals surface area contributed by atoms with Crippen LogP contribution in [0.15, 0.2) is 54.1 Å². The Morgan fingerprint density at radius 2 is 1.63 bits per heavy atom. The average Bonchev–Trinajstić information content (AvgIpc) is 3.02. The second kappa shape index (κ2) is 9.45. The van der Waals surface area contributed by atoms with Crippen LogP contribution in [0.25, 0.3) is 5.76 Å². The summed E-state index contributed by atoms with van der Waals surface area (Å²) < 4.78 is 15.7. The summed E-state index contributed by atoms with van der Waals surface area (Å²) in [7, 11) is 3.09. The van der Waals surface area contributed by atoms with Gasteiger partial charge in [-0.05, 0) is 48.9 Å². The Morgan fingerprint density at radius 3 is 2.20 bits per heavy atom. The lowest BCUT2D eigenvalue weighted by Gasteiger charge is -2.25. The number of hydrogen-bond acceptors (Lipinski definition) is 6. The molecule has 1 saturated heterocycles. The van der Waals surface area contributed by atoms with Gasteiger partial charge in [0.05, 0.1) is 31.9 Å². The van der Waals surface area contributed by atoms with Crippen LogP contribution >= 0.6 is 0 Å².